The molecule has 1 aliphatic heterocycles. The lowest BCUT2D eigenvalue weighted by Crippen LogP contribution is -2.28. The number of hydrogen-bond donors (Lipinski definition) is 0. The Morgan fingerprint density at radius 2 is 1.85 bits per heavy atom. The van der Waals surface area contributed by atoms with E-state index in [4.69, 9.17) is 9.52 Å². The lowest BCUT2D eigenvalue weighted by molar-refractivity contribution is -0.130. The highest BCUT2D eigenvalue weighted by Gasteiger charge is 2.35. The van der Waals surface area contributed by atoms with Crippen LogP contribution in [0.25, 0.3) is 0 Å². The predicted molar refractivity (Wildman–Crippen MR) is 132 cm³/mol. The molecule has 1 aliphatic rings. The van der Waals surface area contributed by atoms with Crippen molar-refractivity contribution in [3.8, 4) is 0 Å². The van der Waals surface area contributed by atoms with E-state index < -0.39 is 0 Å². The third-order valence-electron chi connectivity index (χ3n) is 5.88. The molecule has 3 heterocycles. The van der Waals surface area contributed by atoms with Crippen LogP contribution in [-0.2, 0) is 18.3 Å². The fraction of sp³-hybridized carbons (Fsp3) is 0.231. The maximum atomic E-state index is 13.3. The van der Waals surface area contributed by atoms with E-state index >= 15 is 0 Å². The van der Waals surface area contributed by atoms with E-state index in [-0.39, 0.29) is 17.7 Å². The van der Waals surface area contributed by atoms with Gasteiger partial charge in [-0.3, -0.25) is 4.79 Å². The molecular formula is C26H25N5O2S. The number of hydrazone groups is 1. The summed E-state index contributed by atoms with van der Waals surface area (Å²) in [4.78, 5) is 13.3. The first kappa shape index (κ1) is 22.2. The molecule has 172 valence electrons. The van der Waals surface area contributed by atoms with E-state index in [0.717, 1.165) is 22.9 Å². The predicted octanol–water partition coefficient (Wildman–Crippen LogP) is 4.78. The molecule has 1 unspecified atom stereocenters. The molecule has 34 heavy (non-hydrogen) atoms. The highest BCUT2D eigenvalue weighted by molar-refractivity contribution is 7.99. The van der Waals surface area contributed by atoms with Crippen molar-refractivity contribution in [3.63, 3.8) is 0 Å². The molecule has 0 radical (unpaired) electrons. The summed E-state index contributed by atoms with van der Waals surface area (Å²) in [6.07, 6.45) is 2.93. The number of hydrogen-bond acceptors (Lipinski definition) is 6. The fourth-order valence-electron chi connectivity index (χ4n) is 3.96. The van der Waals surface area contributed by atoms with Gasteiger partial charge >= 0.3 is 0 Å². The van der Waals surface area contributed by atoms with E-state index in [1.54, 1.807) is 11.3 Å². The molecule has 4 aromatic rings. The molecule has 8 heteroatoms. The van der Waals surface area contributed by atoms with Crippen LogP contribution in [0.1, 0.15) is 40.7 Å². The highest BCUT2D eigenvalue weighted by atomic mass is 32.2. The molecule has 1 atom stereocenters. The molecular weight excluding hydrogens is 446 g/mol. The second kappa shape index (κ2) is 9.69. The SMILES string of the molecule is Cc1ccc(C2=NN(C(=O)CSc3nnc(Cc4ccccc4)n3C)C(c3ccco3)C2)cc1. The van der Waals surface area contributed by atoms with Crippen molar-refractivity contribution in [1.82, 2.24) is 19.8 Å². The van der Waals surface area contributed by atoms with Crippen LogP contribution < -0.4 is 0 Å². The molecule has 7 nitrogen and oxygen atoms in total. The van der Waals surface area contributed by atoms with Crippen LogP contribution in [0.4, 0.5) is 0 Å². The minimum absolute atomic E-state index is 0.0962. The van der Waals surface area contributed by atoms with Gasteiger partial charge in [-0.1, -0.05) is 71.9 Å². The Hall–Kier alpha value is -3.65. The number of nitrogens with zero attached hydrogens (tertiary/aromatic N) is 5. The molecule has 0 aliphatic carbocycles. The first-order chi connectivity index (χ1) is 16.6. The van der Waals surface area contributed by atoms with Gasteiger partial charge < -0.3 is 8.98 Å². The van der Waals surface area contributed by atoms with Crippen LogP contribution in [0.15, 0.2) is 87.7 Å². The molecule has 0 saturated carbocycles. The number of carbonyl (C=O) groups is 1. The fourth-order valence-corrected chi connectivity index (χ4v) is 4.74. The first-order valence-electron chi connectivity index (χ1n) is 11.1. The van der Waals surface area contributed by atoms with Gasteiger partial charge in [-0.15, -0.1) is 10.2 Å². The number of furan rings is 1. The quantitative estimate of drug-likeness (QED) is 0.363. The maximum absolute atomic E-state index is 13.3. The molecule has 0 N–H and O–H groups in total. The van der Waals surface area contributed by atoms with Gasteiger partial charge in [0.05, 0.1) is 17.7 Å². The zero-order valence-electron chi connectivity index (χ0n) is 19.1. The zero-order chi connectivity index (χ0) is 23.5. The minimum atomic E-state index is -0.257. The van der Waals surface area contributed by atoms with Crippen LogP contribution in [0, 0.1) is 6.92 Å². The van der Waals surface area contributed by atoms with Gasteiger partial charge in [0.25, 0.3) is 5.91 Å². The summed E-state index contributed by atoms with van der Waals surface area (Å²) in [6.45, 7) is 2.05. The lowest BCUT2D eigenvalue weighted by Gasteiger charge is -2.19. The van der Waals surface area contributed by atoms with Crippen molar-refractivity contribution in [1.29, 1.82) is 0 Å². The largest absolute Gasteiger partial charge is 0.467 e. The van der Waals surface area contributed by atoms with E-state index in [0.29, 0.717) is 18.0 Å². The number of aromatic nitrogens is 3. The van der Waals surface area contributed by atoms with Gasteiger partial charge in [-0.25, -0.2) is 5.01 Å². The Labute approximate surface area is 202 Å². The van der Waals surface area contributed by atoms with Crippen molar-refractivity contribution in [2.24, 2.45) is 12.1 Å². The summed E-state index contributed by atoms with van der Waals surface area (Å²) in [6, 6.07) is 21.8. The molecule has 0 spiro atoms. The van der Waals surface area contributed by atoms with Crippen LogP contribution in [0.5, 0.6) is 0 Å². The Bertz CT molecular complexity index is 1300. The van der Waals surface area contributed by atoms with Crippen molar-refractivity contribution in [3.05, 3.63) is 101 Å². The van der Waals surface area contributed by atoms with E-state index in [1.807, 2.05) is 54.1 Å². The van der Waals surface area contributed by atoms with Gasteiger partial charge in [0.2, 0.25) is 0 Å². The topological polar surface area (TPSA) is 76.5 Å². The third kappa shape index (κ3) is 4.68. The number of thioether (sulfide) groups is 1. The molecule has 5 rings (SSSR count). The molecule has 0 bridgehead atoms. The number of amides is 1. The molecule has 1 amide bonds. The summed E-state index contributed by atoms with van der Waals surface area (Å²) in [7, 11) is 1.93. The minimum Gasteiger partial charge on any atom is -0.467 e. The monoisotopic (exact) mass is 471 g/mol. The second-order valence-electron chi connectivity index (χ2n) is 8.30. The van der Waals surface area contributed by atoms with E-state index in [2.05, 4.69) is 41.4 Å². The van der Waals surface area contributed by atoms with Gasteiger partial charge in [0.15, 0.2) is 5.16 Å². The number of aryl methyl sites for hydroxylation is 1. The molecule has 2 aromatic heterocycles. The summed E-state index contributed by atoms with van der Waals surface area (Å²) in [5.41, 5.74) is 4.25. The van der Waals surface area contributed by atoms with Crippen LogP contribution in [0.2, 0.25) is 0 Å². The van der Waals surface area contributed by atoms with E-state index in [9.17, 15) is 4.79 Å². The van der Waals surface area contributed by atoms with Crippen molar-refractivity contribution >= 4 is 23.4 Å². The normalized spacial score (nSPS) is 15.5. The molecule has 0 fully saturated rings. The maximum Gasteiger partial charge on any atom is 0.253 e. The smallest absolute Gasteiger partial charge is 0.253 e. The average Bonchev–Trinajstić information content (AvgIpc) is 3.60. The van der Waals surface area contributed by atoms with Crippen LogP contribution >= 0.6 is 11.8 Å². The first-order valence-corrected chi connectivity index (χ1v) is 12.1. The third-order valence-corrected chi connectivity index (χ3v) is 6.88. The summed E-state index contributed by atoms with van der Waals surface area (Å²) in [5.74, 6) is 1.70. The van der Waals surface area contributed by atoms with Crippen molar-refractivity contribution in [2.45, 2.75) is 31.0 Å². The summed E-state index contributed by atoms with van der Waals surface area (Å²) < 4.78 is 7.59. The number of benzene rings is 2. The Morgan fingerprint density at radius 1 is 1.06 bits per heavy atom. The van der Waals surface area contributed by atoms with Gasteiger partial charge in [-0.2, -0.15) is 5.10 Å². The lowest BCUT2D eigenvalue weighted by atomic mass is 10.0. The van der Waals surface area contributed by atoms with Crippen molar-refractivity contribution in [2.75, 3.05) is 5.75 Å². The number of carbonyl (C=O) groups excluding carboxylic acids is 1. The Morgan fingerprint density at radius 3 is 2.59 bits per heavy atom. The van der Waals surface area contributed by atoms with Crippen molar-refractivity contribution < 1.29 is 9.21 Å². The van der Waals surface area contributed by atoms with Crippen LogP contribution in [0.3, 0.4) is 0 Å². The average molecular weight is 472 g/mol. The summed E-state index contributed by atoms with van der Waals surface area (Å²) >= 11 is 1.37. The zero-order valence-corrected chi connectivity index (χ0v) is 19.9. The Kier molecular flexibility index (Phi) is 6.31. The van der Waals surface area contributed by atoms with Crippen LogP contribution in [-0.4, -0.2) is 37.1 Å². The standard InChI is InChI=1S/C26H25N5O2S/c1-18-10-12-20(13-11-18)21-16-22(23-9-6-14-33-23)31(29-21)25(32)17-34-26-28-27-24(30(26)2)15-19-7-4-3-5-8-19/h3-14,22H,15-17H2,1-2H3. The van der Waals surface area contributed by atoms with Gasteiger partial charge in [-0.05, 0) is 30.2 Å². The van der Waals surface area contributed by atoms with E-state index in [1.165, 1.54) is 22.9 Å². The van der Waals surface area contributed by atoms with Gasteiger partial charge in [0.1, 0.15) is 17.6 Å². The molecule has 2 aromatic carbocycles. The highest BCUT2D eigenvalue weighted by Crippen LogP contribution is 2.34. The second-order valence-corrected chi connectivity index (χ2v) is 9.24. The van der Waals surface area contributed by atoms with Gasteiger partial charge in [0, 0.05) is 19.9 Å². The number of rotatable bonds is 7. The Balaban J connectivity index is 1.31. The summed E-state index contributed by atoms with van der Waals surface area (Å²) in [5, 5.41) is 15.6. The molecule has 0 saturated heterocycles.